The SMILES string of the molecule is CC(C)(C)OC(=O)N1CC2(C[C@H]1C(N)=O)Oc1ccccc1NC2=O. The van der Waals surface area contributed by atoms with Crippen LogP contribution in [0.1, 0.15) is 27.2 Å². The maximum Gasteiger partial charge on any atom is 0.411 e. The Morgan fingerprint density at radius 2 is 2.04 bits per heavy atom. The Kier molecular flexibility index (Phi) is 3.85. The summed E-state index contributed by atoms with van der Waals surface area (Å²) in [5.41, 5.74) is 3.88. The van der Waals surface area contributed by atoms with E-state index in [0.29, 0.717) is 11.4 Å². The number of fused-ring (bicyclic) bond motifs is 1. The van der Waals surface area contributed by atoms with Gasteiger partial charge in [-0.05, 0) is 32.9 Å². The average molecular weight is 347 g/mol. The number of nitrogens with zero attached hydrogens (tertiary/aromatic N) is 1. The summed E-state index contributed by atoms with van der Waals surface area (Å²) in [6, 6.07) is 5.99. The third kappa shape index (κ3) is 3.11. The topological polar surface area (TPSA) is 111 Å². The highest BCUT2D eigenvalue weighted by molar-refractivity contribution is 6.02. The minimum atomic E-state index is -1.37. The van der Waals surface area contributed by atoms with Crippen molar-refractivity contribution in [2.75, 3.05) is 11.9 Å². The molecule has 2 atom stereocenters. The first kappa shape index (κ1) is 17.1. The van der Waals surface area contributed by atoms with Crippen molar-refractivity contribution in [1.29, 1.82) is 0 Å². The molecule has 1 fully saturated rings. The summed E-state index contributed by atoms with van der Waals surface area (Å²) < 4.78 is 11.2. The monoisotopic (exact) mass is 347 g/mol. The maximum absolute atomic E-state index is 12.6. The molecule has 0 saturated carbocycles. The molecular weight excluding hydrogens is 326 g/mol. The lowest BCUT2D eigenvalue weighted by molar-refractivity contribution is -0.131. The summed E-state index contributed by atoms with van der Waals surface area (Å²) >= 11 is 0. The summed E-state index contributed by atoms with van der Waals surface area (Å²) in [5, 5.41) is 2.77. The van der Waals surface area contributed by atoms with Crippen molar-refractivity contribution in [2.24, 2.45) is 5.73 Å². The molecule has 134 valence electrons. The molecule has 8 heteroatoms. The van der Waals surface area contributed by atoms with Gasteiger partial charge < -0.3 is 20.5 Å². The standard InChI is InChI=1S/C17H21N3O5/c1-16(2,3)25-15(23)20-9-17(8-11(20)13(18)21)14(22)19-10-6-4-5-7-12(10)24-17/h4-7,11H,8-9H2,1-3H3,(H2,18,21)(H,19,22)/t11-,17?/m0/s1. The fourth-order valence-corrected chi connectivity index (χ4v) is 3.03. The van der Waals surface area contributed by atoms with Gasteiger partial charge in [0.1, 0.15) is 17.4 Å². The van der Waals surface area contributed by atoms with Gasteiger partial charge in [0.05, 0.1) is 12.2 Å². The fraction of sp³-hybridized carbons (Fsp3) is 0.471. The fourth-order valence-electron chi connectivity index (χ4n) is 3.03. The highest BCUT2D eigenvalue weighted by Crippen LogP contribution is 2.40. The molecule has 3 rings (SSSR count). The first-order chi connectivity index (χ1) is 11.6. The number of hydrogen-bond acceptors (Lipinski definition) is 5. The van der Waals surface area contributed by atoms with Crippen LogP contribution in [0.4, 0.5) is 10.5 Å². The van der Waals surface area contributed by atoms with Crippen LogP contribution in [0, 0.1) is 0 Å². The smallest absolute Gasteiger partial charge is 0.411 e. The molecule has 3 N–H and O–H groups in total. The van der Waals surface area contributed by atoms with Crippen LogP contribution in [-0.4, -0.2) is 46.6 Å². The number of rotatable bonds is 1. The van der Waals surface area contributed by atoms with Gasteiger partial charge >= 0.3 is 6.09 Å². The first-order valence-electron chi connectivity index (χ1n) is 8.00. The quantitative estimate of drug-likeness (QED) is 0.794. The summed E-state index contributed by atoms with van der Waals surface area (Å²) in [7, 11) is 0. The summed E-state index contributed by atoms with van der Waals surface area (Å²) in [5.74, 6) is -0.641. The molecule has 0 aliphatic carbocycles. The van der Waals surface area contributed by atoms with Gasteiger partial charge in [0.25, 0.3) is 5.91 Å². The van der Waals surface area contributed by atoms with Crippen LogP contribution in [0.5, 0.6) is 5.75 Å². The van der Waals surface area contributed by atoms with Gasteiger partial charge in [-0.15, -0.1) is 0 Å². The Labute approximate surface area is 145 Å². The maximum atomic E-state index is 12.6. The number of nitrogens with one attached hydrogen (secondary N) is 1. The van der Waals surface area contributed by atoms with Crippen LogP contribution < -0.4 is 15.8 Å². The largest absolute Gasteiger partial charge is 0.473 e. The lowest BCUT2D eigenvalue weighted by Crippen LogP contribution is -2.53. The van der Waals surface area contributed by atoms with Gasteiger partial charge in [-0.3, -0.25) is 14.5 Å². The van der Waals surface area contributed by atoms with Crippen molar-refractivity contribution in [3.05, 3.63) is 24.3 Å². The highest BCUT2D eigenvalue weighted by Gasteiger charge is 2.57. The molecule has 8 nitrogen and oxygen atoms in total. The number of primary amides is 1. The van der Waals surface area contributed by atoms with Crippen LogP contribution in [0.2, 0.25) is 0 Å². The van der Waals surface area contributed by atoms with Gasteiger partial charge in [0, 0.05) is 6.42 Å². The number of hydrogen-bond donors (Lipinski definition) is 2. The molecule has 0 bridgehead atoms. The molecule has 1 aromatic rings. The van der Waals surface area contributed by atoms with E-state index in [-0.39, 0.29) is 13.0 Å². The number of amides is 3. The molecule has 0 radical (unpaired) electrons. The Balaban J connectivity index is 1.91. The van der Waals surface area contributed by atoms with Crippen molar-refractivity contribution in [2.45, 2.75) is 44.4 Å². The Bertz CT molecular complexity index is 742. The van der Waals surface area contributed by atoms with Crippen molar-refractivity contribution in [3.8, 4) is 5.75 Å². The molecule has 2 heterocycles. The van der Waals surface area contributed by atoms with E-state index in [0.717, 1.165) is 0 Å². The Morgan fingerprint density at radius 1 is 1.36 bits per heavy atom. The van der Waals surface area contributed by atoms with Gasteiger partial charge in [0.2, 0.25) is 11.5 Å². The highest BCUT2D eigenvalue weighted by atomic mass is 16.6. The normalized spacial score (nSPS) is 25.2. The van der Waals surface area contributed by atoms with Crippen LogP contribution >= 0.6 is 0 Å². The van der Waals surface area contributed by atoms with Crippen molar-refractivity contribution in [3.63, 3.8) is 0 Å². The van der Waals surface area contributed by atoms with Gasteiger partial charge in [0.15, 0.2) is 0 Å². The molecule has 0 aromatic heterocycles. The van der Waals surface area contributed by atoms with E-state index in [1.54, 1.807) is 45.0 Å². The molecule has 1 unspecified atom stereocenters. The van der Waals surface area contributed by atoms with Gasteiger partial charge in [-0.1, -0.05) is 12.1 Å². The van der Waals surface area contributed by atoms with E-state index in [1.807, 2.05) is 0 Å². The number of anilines is 1. The molecule has 2 aliphatic rings. The molecule has 25 heavy (non-hydrogen) atoms. The predicted octanol–water partition coefficient (Wildman–Crippen LogP) is 1.25. The second kappa shape index (κ2) is 5.65. The third-order valence-corrected chi connectivity index (χ3v) is 4.14. The molecule has 1 spiro atoms. The van der Waals surface area contributed by atoms with Crippen LogP contribution in [0.25, 0.3) is 0 Å². The van der Waals surface area contributed by atoms with Crippen molar-refractivity contribution in [1.82, 2.24) is 4.90 Å². The lowest BCUT2D eigenvalue weighted by Gasteiger charge is -2.34. The van der Waals surface area contributed by atoms with Crippen LogP contribution in [0.3, 0.4) is 0 Å². The minimum Gasteiger partial charge on any atom is -0.473 e. The van der Waals surface area contributed by atoms with E-state index in [1.165, 1.54) is 4.90 Å². The molecule has 1 saturated heterocycles. The van der Waals surface area contributed by atoms with E-state index >= 15 is 0 Å². The van der Waals surface area contributed by atoms with Crippen molar-refractivity contribution >= 4 is 23.6 Å². The number of nitrogens with two attached hydrogens (primary N) is 1. The lowest BCUT2D eigenvalue weighted by atomic mass is 9.96. The van der Waals surface area contributed by atoms with Gasteiger partial charge in [-0.25, -0.2) is 4.79 Å². The predicted molar refractivity (Wildman–Crippen MR) is 89.0 cm³/mol. The third-order valence-electron chi connectivity index (χ3n) is 4.14. The number of para-hydroxylation sites is 2. The summed E-state index contributed by atoms with van der Waals surface area (Å²) in [6.45, 7) is 5.04. The Hall–Kier alpha value is -2.77. The Morgan fingerprint density at radius 3 is 2.68 bits per heavy atom. The molecule has 3 amide bonds. The summed E-state index contributed by atoms with van der Waals surface area (Å²) in [6.07, 6.45) is -0.731. The van der Waals surface area contributed by atoms with Crippen LogP contribution in [-0.2, 0) is 14.3 Å². The average Bonchev–Trinajstić information content (AvgIpc) is 2.88. The van der Waals surface area contributed by atoms with E-state index in [2.05, 4.69) is 5.32 Å². The number of ether oxygens (including phenoxy) is 2. The number of benzene rings is 1. The van der Waals surface area contributed by atoms with Crippen LogP contribution in [0.15, 0.2) is 24.3 Å². The first-order valence-corrected chi connectivity index (χ1v) is 8.00. The van der Waals surface area contributed by atoms with E-state index in [9.17, 15) is 14.4 Å². The number of carbonyl (C=O) groups excluding carboxylic acids is 3. The van der Waals surface area contributed by atoms with Gasteiger partial charge in [-0.2, -0.15) is 0 Å². The van der Waals surface area contributed by atoms with Crippen molar-refractivity contribution < 1.29 is 23.9 Å². The zero-order valence-corrected chi connectivity index (χ0v) is 14.4. The zero-order chi connectivity index (χ0) is 18.4. The molecule has 2 aliphatic heterocycles. The minimum absolute atomic E-state index is 0.0260. The summed E-state index contributed by atoms with van der Waals surface area (Å²) in [4.78, 5) is 38.1. The molecule has 1 aromatic carbocycles. The second-order valence-electron chi connectivity index (χ2n) is 7.28. The number of likely N-dealkylation sites (tertiary alicyclic amines) is 1. The van der Waals surface area contributed by atoms with E-state index < -0.39 is 35.2 Å². The zero-order valence-electron chi connectivity index (χ0n) is 14.4. The molecular formula is C17H21N3O5. The van der Waals surface area contributed by atoms with E-state index in [4.69, 9.17) is 15.2 Å². The second-order valence-corrected chi connectivity index (χ2v) is 7.28. The number of carbonyl (C=O) groups is 3.